The maximum atomic E-state index is 11.7. The van der Waals surface area contributed by atoms with E-state index in [2.05, 4.69) is 10.6 Å². The van der Waals surface area contributed by atoms with E-state index in [0.717, 1.165) is 0 Å². The van der Waals surface area contributed by atoms with Crippen molar-refractivity contribution >= 4 is 12.2 Å². The molecule has 2 amide bonds. The lowest BCUT2D eigenvalue weighted by molar-refractivity contribution is -0.0252. The first kappa shape index (κ1) is 15.8. The van der Waals surface area contributed by atoms with Crippen LogP contribution >= 0.6 is 0 Å². The Kier molecular flexibility index (Phi) is 5.56. The predicted octanol–water partition coefficient (Wildman–Crippen LogP) is -2.34. The molecule has 2 atom stereocenters. The van der Waals surface area contributed by atoms with Crippen LogP contribution in [-0.4, -0.2) is 90.7 Å². The average molecular weight is 304 g/mol. The molecule has 10 nitrogen and oxygen atoms in total. The van der Waals surface area contributed by atoms with Gasteiger partial charge in [-0.15, -0.1) is 0 Å². The SMILES string of the molecule is O=C(OCOC(=O)N1CCNC(O)C1)N1CCNC(O)C1. The topological polar surface area (TPSA) is 124 Å². The van der Waals surface area contributed by atoms with Crippen molar-refractivity contribution in [3.63, 3.8) is 0 Å². The average Bonchev–Trinajstić information content (AvgIpc) is 2.47. The van der Waals surface area contributed by atoms with Gasteiger partial charge in [0, 0.05) is 26.2 Å². The summed E-state index contributed by atoms with van der Waals surface area (Å²) in [4.78, 5) is 26.0. The molecule has 2 rings (SSSR count). The van der Waals surface area contributed by atoms with Gasteiger partial charge in [-0.25, -0.2) is 9.59 Å². The molecule has 2 aliphatic heterocycles. The van der Waals surface area contributed by atoms with Gasteiger partial charge in [0.1, 0.15) is 12.5 Å². The number of rotatable bonds is 2. The van der Waals surface area contributed by atoms with Crippen molar-refractivity contribution in [2.45, 2.75) is 12.5 Å². The highest BCUT2D eigenvalue weighted by Gasteiger charge is 2.25. The first-order valence-corrected chi connectivity index (χ1v) is 6.72. The van der Waals surface area contributed by atoms with Crippen LogP contribution in [0.3, 0.4) is 0 Å². The van der Waals surface area contributed by atoms with Crippen LogP contribution in [0, 0.1) is 0 Å². The fraction of sp³-hybridized carbons (Fsp3) is 0.818. The highest BCUT2D eigenvalue weighted by atomic mass is 16.7. The second kappa shape index (κ2) is 7.41. The second-order valence-electron chi connectivity index (χ2n) is 4.77. The number of carbonyl (C=O) groups is 2. The van der Waals surface area contributed by atoms with E-state index < -0.39 is 31.4 Å². The number of hydrogen-bond acceptors (Lipinski definition) is 8. The molecule has 0 radical (unpaired) electrons. The largest absolute Gasteiger partial charge is 0.412 e. The first-order valence-electron chi connectivity index (χ1n) is 6.72. The quantitative estimate of drug-likeness (QED) is 0.419. The Bertz CT molecular complexity index is 348. The number of nitrogens with zero attached hydrogens (tertiary/aromatic N) is 2. The molecule has 2 unspecified atom stereocenters. The van der Waals surface area contributed by atoms with Gasteiger partial charge in [-0.1, -0.05) is 0 Å². The van der Waals surface area contributed by atoms with E-state index in [0.29, 0.717) is 26.2 Å². The number of aliphatic hydroxyl groups is 2. The Hall–Kier alpha value is -1.62. The number of aliphatic hydroxyl groups excluding tert-OH is 2. The summed E-state index contributed by atoms with van der Waals surface area (Å²) in [6, 6.07) is 0. The van der Waals surface area contributed by atoms with Gasteiger partial charge in [0.05, 0.1) is 13.1 Å². The van der Waals surface area contributed by atoms with E-state index in [1.165, 1.54) is 9.80 Å². The van der Waals surface area contributed by atoms with E-state index in [-0.39, 0.29) is 13.1 Å². The van der Waals surface area contributed by atoms with Gasteiger partial charge in [-0.2, -0.15) is 0 Å². The van der Waals surface area contributed by atoms with Gasteiger partial charge in [-0.3, -0.25) is 10.6 Å². The molecule has 4 N–H and O–H groups in total. The van der Waals surface area contributed by atoms with Crippen molar-refractivity contribution in [2.24, 2.45) is 0 Å². The Morgan fingerprint density at radius 1 is 0.952 bits per heavy atom. The molecule has 0 aromatic rings. The molecule has 21 heavy (non-hydrogen) atoms. The Morgan fingerprint density at radius 2 is 1.38 bits per heavy atom. The van der Waals surface area contributed by atoms with Crippen molar-refractivity contribution < 1.29 is 29.3 Å². The maximum absolute atomic E-state index is 11.7. The molecule has 0 aromatic heterocycles. The van der Waals surface area contributed by atoms with Gasteiger partial charge < -0.3 is 29.5 Å². The van der Waals surface area contributed by atoms with E-state index in [9.17, 15) is 19.8 Å². The number of nitrogens with one attached hydrogen (secondary N) is 2. The van der Waals surface area contributed by atoms with E-state index in [1.54, 1.807) is 0 Å². The minimum absolute atomic E-state index is 0.122. The first-order chi connectivity index (χ1) is 10.1. The molecule has 2 heterocycles. The minimum Gasteiger partial charge on any atom is -0.411 e. The third-order valence-corrected chi connectivity index (χ3v) is 3.19. The lowest BCUT2D eigenvalue weighted by atomic mass is 10.3. The molecule has 10 heteroatoms. The van der Waals surface area contributed by atoms with Crippen molar-refractivity contribution in [2.75, 3.05) is 46.1 Å². The summed E-state index contributed by atoms with van der Waals surface area (Å²) in [7, 11) is 0. The molecule has 2 fully saturated rings. The summed E-state index contributed by atoms with van der Waals surface area (Å²) in [6.07, 6.45) is -2.86. The molecule has 0 bridgehead atoms. The van der Waals surface area contributed by atoms with Crippen LogP contribution in [0.4, 0.5) is 9.59 Å². The summed E-state index contributed by atoms with van der Waals surface area (Å²) in [5, 5.41) is 24.3. The van der Waals surface area contributed by atoms with Gasteiger partial charge >= 0.3 is 12.2 Å². The summed E-state index contributed by atoms with van der Waals surface area (Å²) < 4.78 is 9.64. The number of amides is 2. The lowest BCUT2D eigenvalue weighted by Crippen LogP contribution is -2.53. The van der Waals surface area contributed by atoms with Crippen LogP contribution in [-0.2, 0) is 9.47 Å². The zero-order valence-electron chi connectivity index (χ0n) is 11.5. The standard InChI is InChI=1S/C11H20N4O6/c16-8-5-14(3-1-12-8)10(18)20-7-21-11(19)15-4-2-13-9(17)6-15/h8-9,12-13,16-17H,1-7H2. The molecule has 2 aliphatic rings. The number of hydrogen-bond donors (Lipinski definition) is 4. The highest BCUT2D eigenvalue weighted by molar-refractivity contribution is 5.69. The van der Waals surface area contributed by atoms with Crippen LogP contribution in [0.1, 0.15) is 0 Å². The fourth-order valence-electron chi connectivity index (χ4n) is 2.11. The summed E-state index contributed by atoms with van der Waals surface area (Å²) >= 11 is 0. The molecule has 2 saturated heterocycles. The number of piperazine rings is 2. The molecule has 0 aromatic carbocycles. The highest BCUT2D eigenvalue weighted by Crippen LogP contribution is 2.03. The van der Waals surface area contributed by atoms with Gasteiger partial charge in [0.15, 0.2) is 0 Å². The lowest BCUT2D eigenvalue weighted by Gasteiger charge is -2.31. The third kappa shape index (κ3) is 4.70. The predicted molar refractivity (Wildman–Crippen MR) is 69.0 cm³/mol. The summed E-state index contributed by atoms with van der Waals surface area (Å²) in [5.74, 6) is 0. The molecule has 120 valence electrons. The van der Waals surface area contributed by atoms with Crippen molar-refractivity contribution in [1.82, 2.24) is 20.4 Å². The van der Waals surface area contributed by atoms with Crippen molar-refractivity contribution in [1.29, 1.82) is 0 Å². The Labute approximate surface area is 121 Å². The van der Waals surface area contributed by atoms with Gasteiger partial charge in [0.2, 0.25) is 6.79 Å². The minimum atomic E-state index is -0.781. The third-order valence-electron chi connectivity index (χ3n) is 3.19. The monoisotopic (exact) mass is 304 g/mol. The molecule has 0 spiro atoms. The molecular formula is C11H20N4O6. The number of β-amino-alcohol motifs (C(OH)–C–C–N with tert-alkyl or cyclic N) is 2. The van der Waals surface area contributed by atoms with Crippen LogP contribution in [0.2, 0.25) is 0 Å². The smallest absolute Gasteiger partial charge is 0.411 e. The Balaban J connectivity index is 1.66. The fourth-order valence-corrected chi connectivity index (χ4v) is 2.11. The van der Waals surface area contributed by atoms with E-state index in [1.807, 2.05) is 0 Å². The summed E-state index contributed by atoms with van der Waals surface area (Å²) in [5.41, 5.74) is 0. The van der Waals surface area contributed by atoms with Gasteiger partial charge in [0.25, 0.3) is 0 Å². The summed E-state index contributed by atoms with van der Waals surface area (Å²) in [6.45, 7) is 1.50. The normalized spacial score (nSPS) is 26.4. The van der Waals surface area contributed by atoms with Crippen LogP contribution in [0.5, 0.6) is 0 Å². The van der Waals surface area contributed by atoms with Crippen LogP contribution < -0.4 is 10.6 Å². The van der Waals surface area contributed by atoms with E-state index >= 15 is 0 Å². The maximum Gasteiger partial charge on any atom is 0.412 e. The van der Waals surface area contributed by atoms with Crippen LogP contribution in [0.25, 0.3) is 0 Å². The molecule has 0 saturated carbocycles. The molecular weight excluding hydrogens is 284 g/mol. The number of ether oxygens (including phenoxy) is 2. The zero-order chi connectivity index (χ0) is 15.2. The number of carbonyl (C=O) groups excluding carboxylic acids is 2. The van der Waals surface area contributed by atoms with Gasteiger partial charge in [-0.05, 0) is 0 Å². The van der Waals surface area contributed by atoms with Crippen molar-refractivity contribution in [3.8, 4) is 0 Å². The Morgan fingerprint density at radius 3 is 1.76 bits per heavy atom. The van der Waals surface area contributed by atoms with Crippen LogP contribution in [0.15, 0.2) is 0 Å². The zero-order valence-corrected chi connectivity index (χ0v) is 11.5. The van der Waals surface area contributed by atoms with E-state index in [4.69, 9.17) is 9.47 Å². The molecule has 0 aliphatic carbocycles. The second-order valence-corrected chi connectivity index (χ2v) is 4.77. The van der Waals surface area contributed by atoms with Crippen molar-refractivity contribution in [3.05, 3.63) is 0 Å².